The Kier molecular flexibility index (Phi) is 4.61. The topological polar surface area (TPSA) is 92.5 Å². The normalized spacial score (nSPS) is 16.6. The Morgan fingerprint density at radius 1 is 1.19 bits per heavy atom. The van der Waals surface area contributed by atoms with Gasteiger partial charge in [0, 0.05) is 30.8 Å². The SMILES string of the molecule is O=C(Nc1cc([N+](=O)[O-])ccc1F)[C@@H]1CC(=O)N(c2ccc(F)cc2)C1. The molecule has 1 aliphatic rings. The largest absolute Gasteiger partial charge is 0.323 e. The van der Waals surface area contributed by atoms with Crippen LogP contribution in [-0.2, 0) is 9.59 Å². The van der Waals surface area contributed by atoms with Gasteiger partial charge >= 0.3 is 0 Å². The van der Waals surface area contributed by atoms with Crippen molar-refractivity contribution in [3.63, 3.8) is 0 Å². The lowest BCUT2D eigenvalue weighted by Gasteiger charge is -2.16. The molecule has 7 nitrogen and oxygen atoms in total. The third-order valence-electron chi connectivity index (χ3n) is 4.05. The summed E-state index contributed by atoms with van der Waals surface area (Å²) in [6, 6.07) is 8.05. The van der Waals surface area contributed by atoms with Gasteiger partial charge in [-0.1, -0.05) is 0 Å². The summed E-state index contributed by atoms with van der Waals surface area (Å²) in [5, 5.41) is 13.1. The fraction of sp³-hybridized carbons (Fsp3) is 0.176. The first-order valence-electron chi connectivity index (χ1n) is 7.66. The molecule has 0 saturated carbocycles. The quantitative estimate of drug-likeness (QED) is 0.669. The molecule has 1 saturated heterocycles. The van der Waals surface area contributed by atoms with Gasteiger partial charge in [-0.3, -0.25) is 19.7 Å². The minimum Gasteiger partial charge on any atom is -0.323 e. The van der Waals surface area contributed by atoms with E-state index in [2.05, 4.69) is 5.32 Å². The molecule has 0 radical (unpaired) electrons. The second kappa shape index (κ2) is 6.87. The zero-order chi connectivity index (χ0) is 18.8. The second-order valence-corrected chi connectivity index (χ2v) is 5.79. The van der Waals surface area contributed by atoms with Crippen LogP contribution in [0.2, 0.25) is 0 Å². The number of nitrogens with one attached hydrogen (secondary N) is 1. The highest BCUT2D eigenvalue weighted by molar-refractivity contribution is 6.03. The Bertz CT molecular complexity index is 886. The standard InChI is InChI=1S/C17H13F2N3O4/c18-11-1-3-12(4-2-11)21-9-10(7-16(21)23)17(24)20-15-8-13(22(25)26)5-6-14(15)19/h1-6,8,10H,7,9H2,(H,20,24)/t10-/m1/s1. The number of nitro groups is 1. The molecule has 1 aliphatic heterocycles. The molecule has 26 heavy (non-hydrogen) atoms. The summed E-state index contributed by atoms with van der Waals surface area (Å²) in [5.74, 6) is -2.97. The Labute approximate surface area is 146 Å². The molecular formula is C17H13F2N3O4. The van der Waals surface area contributed by atoms with Gasteiger partial charge < -0.3 is 10.2 Å². The maximum atomic E-state index is 13.8. The van der Waals surface area contributed by atoms with Crippen LogP contribution in [0, 0.1) is 27.7 Å². The highest BCUT2D eigenvalue weighted by Gasteiger charge is 2.35. The Morgan fingerprint density at radius 2 is 1.88 bits per heavy atom. The van der Waals surface area contributed by atoms with E-state index in [1.165, 1.54) is 29.2 Å². The van der Waals surface area contributed by atoms with Gasteiger partial charge in [0.1, 0.15) is 11.6 Å². The number of halogens is 2. The van der Waals surface area contributed by atoms with Crippen LogP contribution < -0.4 is 10.2 Å². The fourth-order valence-electron chi connectivity index (χ4n) is 2.71. The zero-order valence-corrected chi connectivity index (χ0v) is 13.3. The number of non-ortho nitro benzene ring substituents is 1. The number of rotatable bonds is 4. The van der Waals surface area contributed by atoms with E-state index in [0.717, 1.165) is 18.2 Å². The highest BCUT2D eigenvalue weighted by Crippen LogP contribution is 2.27. The van der Waals surface area contributed by atoms with Crippen LogP contribution >= 0.6 is 0 Å². The van der Waals surface area contributed by atoms with E-state index in [9.17, 15) is 28.5 Å². The number of nitrogens with zero attached hydrogens (tertiary/aromatic N) is 2. The minimum atomic E-state index is -0.816. The van der Waals surface area contributed by atoms with Crippen molar-refractivity contribution in [3.05, 3.63) is 64.2 Å². The van der Waals surface area contributed by atoms with Crippen molar-refractivity contribution in [1.82, 2.24) is 0 Å². The average molecular weight is 361 g/mol. The molecule has 1 N–H and O–H groups in total. The number of nitro benzene ring substituents is 1. The first-order valence-corrected chi connectivity index (χ1v) is 7.66. The van der Waals surface area contributed by atoms with Gasteiger partial charge in [0.15, 0.2) is 0 Å². The van der Waals surface area contributed by atoms with Crippen LogP contribution in [0.5, 0.6) is 0 Å². The molecule has 3 rings (SSSR count). The lowest BCUT2D eigenvalue weighted by molar-refractivity contribution is -0.384. The third-order valence-corrected chi connectivity index (χ3v) is 4.05. The van der Waals surface area contributed by atoms with Crippen LogP contribution in [-0.4, -0.2) is 23.3 Å². The van der Waals surface area contributed by atoms with Gasteiger partial charge in [-0.2, -0.15) is 0 Å². The average Bonchev–Trinajstić information content (AvgIpc) is 2.99. The minimum absolute atomic E-state index is 0.0485. The van der Waals surface area contributed by atoms with E-state index in [4.69, 9.17) is 0 Å². The van der Waals surface area contributed by atoms with E-state index in [0.29, 0.717) is 5.69 Å². The van der Waals surface area contributed by atoms with E-state index in [1.807, 2.05) is 0 Å². The summed E-state index contributed by atoms with van der Waals surface area (Å²) < 4.78 is 26.8. The number of hydrogen-bond acceptors (Lipinski definition) is 4. The Morgan fingerprint density at radius 3 is 2.54 bits per heavy atom. The zero-order valence-electron chi connectivity index (χ0n) is 13.3. The summed E-state index contributed by atoms with van der Waals surface area (Å²) in [7, 11) is 0. The maximum Gasteiger partial charge on any atom is 0.271 e. The number of hydrogen-bond donors (Lipinski definition) is 1. The van der Waals surface area contributed by atoms with Crippen LogP contribution in [0.15, 0.2) is 42.5 Å². The second-order valence-electron chi connectivity index (χ2n) is 5.79. The van der Waals surface area contributed by atoms with Crippen molar-refractivity contribution in [2.45, 2.75) is 6.42 Å². The molecule has 2 amide bonds. The maximum absolute atomic E-state index is 13.8. The summed E-state index contributed by atoms with van der Waals surface area (Å²) in [4.78, 5) is 35.9. The molecule has 0 aromatic heterocycles. The van der Waals surface area contributed by atoms with Crippen LogP contribution in [0.4, 0.5) is 25.8 Å². The number of carbonyl (C=O) groups is 2. The predicted octanol–water partition coefficient (Wildman–Crippen LogP) is 2.86. The van der Waals surface area contributed by atoms with E-state index in [-0.39, 0.29) is 30.2 Å². The summed E-state index contributed by atoms with van der Waals surface area (Å²) in [5.41, 5.74) is -0.234. The van der Waals surface area contributed by atoms with Crippen LogP contribution in [0.1, 0.15) is 6.42 Å². The lowest BCUT2D eigenvalue weighted by atomic mass is 10.1. The van der Waals surface area contributed by atoms with Gasteiger partial charge in [-0.05, 0) is 30.3 Å². The van der Waals surface area contributed by atoms with Crippen molar-refractivity contribution in [3.8, 4) is 0 Å². The fourth-order valence-corrected chi connectivity index (χ4v) is 2.71. The van der Waals surface area contributed by atoms with Gasteiger partial charge in [0.05, 0.1) is 16.5 Å². The molecule has 9 heteroatoms. The molecule has 0 bridgehead atoms. The summed E-state index contributed by atoms with van der Waals surface area (Å²) >= 11 is 0. The first kappa shape index (κ1) is 17.5. The lowest BCUT2D eigenvalue weighted by Crippen LogP contribution is -2.28. The van der Waals surface area contributed by atoms with Gasteiger partial charge in [0.25, 0.3) is 5.69 Å². The highest BCUT2D eigenvalue weighted by atomic mass is 19.1. The van der Waals surface area contributed by atoms with Crippen molar-refractivity contribution in [2.75, 3.05) is 16.8 Å². The van der Waals surface area contributed by atoms with E-state index < -0.39 is 28.4 Å². The molecular weight excluding hydrogens is 348 g/mol. The van der Waals surface area contributed by atoms with Crippen molar-refractivity contribution in [2.24, 2.45) is 5.92 Å². The number of amides is 2. The van der Waals surface area contributed by atoms with Crippen molar-refractivity contribution >= 4 is 28.9 Å². The molecule has 0 spiro atoms. The molecule has 2 aromatic carbocycles. The number of anilines is 2. The summed E-state index contributed by atoms with van der Waals surface area (Å²) in [6.07, 6.45) is -0.0975. The van der Waals surface area contributed by atoms with Gasteiger partial charge in [0.2, 0.25) is 11.8 Å². The third kappa shape index (κ3) is 3.51. The monoisotopic (exact) mass is 361 g/mol. The van der Waals surface area contributed by atoms with Crippen molar-refractivity contribution < 1.29 is 23.3 Å². The molecule has 0 aliphatic carbocycles. The molecule has 134 valence electrons. The van der Waals surface area contributed by atoms with Crippen LogP contribution in [0.3, 0.4) is 0 Å². The molecule has 1 heterocycles. The van der Waals surface area contributed by atoms with Gasteiger partial charge in [-0.25, -0.2) is 8.78 Å². The van der Waals surface area contributed by atoms with E-state index in [1.54, 1.807) is 0 Å². The Hall–Kier alpha value is -3.36. The Balaban J connectivity index is 1.73. The molecule has 2 aromatic rings. The van der Waals surface area contributed by atoms with Gasteiger partial charge in [-0.15, -0.1) is 0 Å². The van der Waals surface area contributed by atoms with Crippen molar-refractivity contribution in [1.29, 1.82) is 0 Å². The molecule has 1 atom stereocenters. The summed E-state index contributed by atoms with van der Waals surface area (Å²) in [6.45, 7) is 0.0485. The van der Waals surface area contributed by atoms with E-state index >= 15 is 0 Å². The molecule has 1 fully saturated rings. The predicted molar refractivity (Wildman–Crippen MR) is 88.5 cm³/mol. The number of benzene rings is 2. The first-order chi connectivity index (χ1) is 12.3. The number of carbonyl (C=O) groups excluding carboxylic acids is 2. The smallest absolute Gasteiger partial charge is 0.271 e. The van der Waals surface area contributed by atoms with Crippen LogP contribution in [0.25, 0.3) is 0 Å². The molecule has 0 unspecified atom stereocenters.